The summed E-state index contributed by atoms with van der Waals surface area (Å²) < 4.78 is 35.1. The number of benzene rings is 2. The third-order valence-corrected chi connectivity index (χ3v) is 6.47. The van der Waals surface area contributed by atoms with E-state index in [4.69, 9.17) is 14.6 Å². The number of amides is 1. The van der Waals surface area contributed by atoms with Gasteiger partial charge in [0.2, 0.25) is 15.9 Å². The highest BCUT2D eigenvalue weighted by atomic mass is 32.2. The summed E-state index contributed by atoms with van der Waals surface area (Å²) in [6.45, 7) is 0.363. The number of anilines is 1. The van der Waals surface area contributed by atoms with Gasteiger partial charge in [0.05, 0.1) is 29.8 Å². The number of sulfonamides is 1. The zero-order valence-electron chi connectivity index (χ0n) is 18.0. The van der Waals surface area contributed by atoms with Crippen LogP contribution >= 0.6 is 0 Å². The number of imidazole rings is 1. The van der Waals surface area contributed by atoms with Gasteiger partial charge in [-0.3, -0.25) is 4.79 Å². The first-order valence-corrected chi connectivity index (χ1v) is 11.8. The molecule has 34 heavy (non-hydrogen) atoms. The van der Waals surface area contributed by atoms with Gasteiger partial charge >= 0.3 is 0 Å². The number of nitrogens with two attached hydrogens (primary N) is 1. The molecule has 4 aromatic rings. The largest absolute Gasteiger partial charge is 0.493 e. The molecule has 0 spiro atoms. The van der Waals surface area contributed by atoms with Crippen molar-refractivity contribution in [3.63, 3.8) is 0 Å². The minimum Gasteiger partial charge on any atom is -0.493 e. The lowest BCUT2D eigenvalue weighted by Gasteiger charge is -2.15. The number of hydrogen-bond acceptors (Lipinski definition) is 8. The Morgan fingerprint density at radius 1 is 1.12 bits per heavy atom. The SMILES string of the molecule is COc1cc2c(C3C(=O)Nc4ccc(S(N)(=O)=O)cc43)ncnc2cc1OCCc1ncc[nH]1. The van der Waals surface area contributed by atoms with Crippen molar-refractivity contribution < 1.29 is 22.7 Å². The molecule has 0 saturated carbocycles. The van der Waals surface area contributed by atoms with Crippen LogP contribution < -0.4 is 19.9 Å². The molecule has 1 aliphatic heterocycles. The fraction of sp³-hybridized carbons (Fsp3) is 0.182. The van der Waals surface area contributed by atoms with Crippen LogP contribution in [-0.4, -0.2) is 48.0 Å². The van der Waals surface area contributed by atoms with E-state index in [2.05, 4.69) is 25.3 Å². The molecule has 0 radical (unpaired) electrons. The number of carbonyl (C=O) groups excluding carboxylic acids is 1. The van der Waals surface area contributed by atoms with Crippen LogP contribution in [0.1, 0.15) is 23.0 Å². The lowest BCUT2D eigenvalue weighted by Crippen LogP contribution is -2.16. The smallest absolute Gasteiger partial charge is 0.238 e. The summed E-state index contributed by atoms with van der Waals surface area (Å²) in [5, 5.41) is 8.64. The second kappa shape index (κ2) is 8.39. The maximum absolute atomic E-state index is 12.9. The Bertz CT molecular complexity index is 1500. The summed E-state index contributed by atoms with van der Waals surface area (Å²) in [7, 11) is -2.43. The number of nitrogens with zero attached hydrogens (tertiary/aromatic N) is 3. The summed E-state index contributed by atoms with van der Waals surface area (Å²) in [5.74, 6) is 0.546. The molecule has 1 amide bonds. The predicted octanol–water partition coefficient (Wildman–Crippen LogP) is 1.71. The number of aromatic nitrogens is 4. The first-order valence-electron chi connectivity index (χ1n) is 10.3. The highest BCUT2D eigenvalue weighted by Crippen LogP contribution is 2.41. The van der Waals surface area contributed by atoms with Gasteiger partial charge in [-0.15, -0.1) is 0 Å². The average Bonchev–Trinajstić information content (AvgIpc) is 3.44. The lowest BCUT2D eigenvalue weighted by atomic mass is 9.94. The standard InChI is InChI=1S/C22H20N6O5S/c1-32-17-9-14-16(10-18(17)33-7-4-19-24-5-6-25-19)26-11-27-21(14)20-13-8-12(34(23,30)31)2-3-15(13)28-22(20)29/h2-3,5-6,8-11,20H,4,7H2,1H3,(H,24,25)(H,28,29)(H2,23,30,31). The molecule has 5 rings (SSSR count). The molecule has 0 bridgehead atoms. The fourth-order valence-electron chi connectivity index (χ4n) is 3.97. The lowest BCUT2D eigenvalue weighted by molar-refractivity contribution is -0.116. The summed E-state index contributed by atoms with van der Waals surface area (Å²) in [4.78, 5) is 28.7. The monoisotopic (exact) mass is 480 g/mol. The zero-order chi connectivity index (χ0) is 23.9. The minimum atomic E-state index is -3.95. The van der Waals surface area contributed by atoms with E-state index in [1.807, 2.05) is 0 Å². The molecule has 4 N–H and O–H groups in total. The van der Waals surface area contributed by atoms with Gasteiger partial charge in [0.15, 0.2) is 11.5 Å². The van der Waals surface area contributed by atoms with Gasteiger partial charge < -0.3 is 19.8 Å². The predicted molar refractivity (Wildman–Crippen MR) is 122 cm³/mol. The van der Waals surface area contributed by atoms with Crippen molar-refractivity contribution in [3.8, 4) is 11.5 Å². The molecule has 1 atom stereocenters. The van der Waals surface area contributed by atoms with Crippen LogP contribution in [0.5, 0.6) is 11.5 Å². The maximum Gasteiger partial charge on any atom is 0.238 e. The number of carbonyl (C=O) groups is 1. The van der Waals surface area contributed by atoms with Crippen molar-refractivity contribution >= 4 is 32.5 Å². The van der Waals surface area contributed by atoms with E-state index in [1.165, 1.54) is 31.6 Å². The second-order valence-electron chi connectivity index (χ2n) is 7.63. The van der Waals surface area contributed by atoms with E-state index >= 15 is 0 Å². The summed E-state index contributed by atoms with van der Waals surface area (Å²) >= 11 is 0. The Labute approximate surface area is 194 Å². The zero-order valence-corrected chi connectivity index (χ0v) is 18.8. The molecular weight excluding hydrogens is 460 g/mol. The fourth-order valence-corrected chi connectivity index (χ4v) is 4.52. The Hall–Kier alpha value is -4.03. The van der Waals surface area contributed by atoms with Gasteiger partial charge in [0.25, 0.3) is 0 Å². The van der Waals surface area contributed by atoms with Crippen LogP contribution in [0.2, 0.25) is 0 Å². The number of nitrogens with one attached hydrogen (secondary N) is 2. The van der Waals surface area contributed by atoms with E-state index in [0.29, 0.717) is 52.4 Å². The summed E-state index contributed by atoms with van der Waals surface area (Å²) in [6, 6.07) is 7.69. The summed E-state index contributed by atoms with van der Waals surface area (Å²) in [6.07, 6.45) is 5.35. The molecule has 174 valence electrons. The Morgan fingerprint density at radius 2 is 1.97 bits per heavy atom. The highest BCUT2D eigenvalue weighted by Gasteiger charge is 2.35. The number of primary sulfonamides is 1. The van der Waals surface area contributed by atoms with Gasteiger partial charge in [0.1, 0.15) is 18.1 Å². The van der Waals surface area contributed by atoms with Crippen molar-refractivity contribution in [2.45, 2.75) is 17.2 Å². The van der Waals surface area contributed by atoms with Gasteiger partial charge in [0, 0.05) is 36.0 Å². The molecule has 2 aromatic carbocycles. The quantitative estimate of drug-likeness (QED) is 0.360. The Morgan fingerprint density at radius 3 is 2.71 bits per heavy atom. The molecule has 0 fully saturated rings. The Kier molecular flexibility index (Phi) is 5.38. The topological polar surface area (TPSA) is 162 Å². The molecular formula is C22H20N6O5S. The van der Waals surface area contributed by atoms with Crippen molar-refractivity contribution in [3.05, 3.63) is 66.1 Å². The maximum atomic E-state index is 12.9. The van der Waals surface area contributed by atoms with Crippen molar-refractivity contribution in [2.24, 2.45) is 5.14 Å². The average molecular weight is 481 g/mol. The normalized spacial score (nSPS) is 15.2. The number of H-pyrrole nitrogens is 1. The third kappa shape index (κ3) is 3.93. The summed E-state index contributed by atoms with van der Waals surface area (Å²) in [5.41, 5.74) is 1.92. The van der Waals surface area contributed by atoms with Gasteiger partial charge in [-0.25, -0.2) is 28.5 Å². The van der Waals surface area contributed by atoms with E-state index in [-0.39, 0.29) is 10.8 Å². The van der Waals surface area contributed by atoms with E-state index in [0.717, 1.165) is 5.82 Å². The molecule has 1 unspecified atom stereocenters. The molecule has 3 heterocycles. The number of hydrogen-bond donors (Lipinski definition) is 3. The van der Waals surface area contributed by atoms with E-state index < -0.39 is 15.9 Å². The number of rotatable bonds is 7. The van der Waals surface area contributed by atoms with Crippen LogP contribution in [0.4, 0.5) is 5.69 Å². The molecule has 1 aliphatic rings. The number of fused-ring (bicyclic) bond motifs is 2. The van der Waals surface area contributed by atoms with Crippen LogP contribution in [-0.2, 0) is 21.2 Å². The number of methoxy groups -OCH3 is 1. The van der Waals surface area contributed by atoms with Crippen molar-refractivity contribution in [1.29, 1.82) is 0 Å². The van der Waals surface area contributed by atoms with Crippen LogP contribution in [0.3, 0.4) is 0 Å². The first kappa shape index (κ1) is 21.8. The minimum absolute atomic E-state index is 0.0871. The molecule has 11 nitrogen and oxygen atoms in total. The molecule has 12 heteroatoms. The van der Waals surface area contributed by atoms with Crippen LogP contribution in [0, 0.1) is 0 Å². The second-order valence-corrected chi connectivity index (χ2v) is 9.19. The molecule has 2 aromatic heterocycles. The van der Waals surface area contributed by atoms with Crippen LogP contribution in [0.25, 0.3) is 10.9 Å². The number of aromatic amines is 1. The van der Waals surface area contributed by atoms with Crippen molar-refractivity contribution in [2.75, 3.05) is 19.0 Å². The van der Waals surface area contributed by atoms with E-state index in [9.17, 15) is 13.2 Å². The van der Waals surface area contributed by atoms with Crippen LogP contribution in [0.15, 0.2) is 53.9 Å². The molecule has 0 saturated heterocycles. The first-order chi connectivity index (χ1) is 16.3. The third-order valence-electron chi connectivity index (χ3n) is 5.56. The van der Waals surface area contributed by atoms with Crippen molar-refractivity contribution in [1.82, 2.24) is 19.9 Å². The number of ether oxygens (including phenoxy) is 2. The van der Waals surface area contributed by atoms with Gasteiger partial charge in [-0.2, -0.15) is 0 Å². The van der Waals surface area contributed by atoms with E-state index in [1.54, 1.807) is 24.5 Å². The van der Waals surface area contributed by atoms with Gasteiger partial charge in [-0.05, 0) is 29.8 Å². The Balaban J connectivity index is 1.54. The molecule has 0 aliphatic carbocycles. The highest BCUT2D eigenvalue weighted by molar-refractivity contribution is 7.89. The van der Waals surface area contributed by atoms with Gasteiger partial charge in [-0.1, -0.05) is 0 Å².